The van der Waals surface area contributed by atoms with Crippen molar-refractivity contribution < 1.29 is 13.2 Å². The van der Waals surface area contributed by atoms with Crippen LogP contribution in [0.1, 0.15) is 30.9 Å². The van der Waals surface area contributed by atoms with Crippen molar-refractivity contribution in [3.05, 3.63) is 71.9 Å². The van der Waals surface area contributed by atoms with Gasteiger partial charge >= 0.3 is 0 Å². The van der Waals surface area contributed by atoms with E-state index in [2.05, 4.69) is 47.3 Å². The molecule has 178 valence electrons. The maximum Gasteiger partial charge on any atom is 0.241 e. The number of hydrogen-bond donors (Lipinski definition) is 1. The number of aryl methyl sites for hydroxylation is 1. The zero-order valence-electron chi connectivity index (χ0n) is 19.5. The Morgan fingerprint density at radius 2 is 1.97 bits per heavy atom. The molecule has 0 aliphatic carbocycles. The topological polar surface area (TPSA) is 73.5 Å². The Morgan fingerprint density at radius 1 is 1.15 bits per heavy atom. The second-order valence-electron chi connectivity index (χ2n) is 9.27. The highest BCUT2D eigenvalue weighted by molar-refractivity contribution is 7.91. The fourth-order valence-electron chi connectivity index (χ4n) is 5.27. The maximum absolute atomic E-state index is 13.4. The zero-order chi connectivity index (χ0) is 23.7. The van der Waals surface area contributed by atoms with Crippen molar-refractivity contribution in [2.75, 3.05) is 36.0 Å². The number of rotatable bonds is 6. The molecule has 7 heteroatoms. The third kappa shape index (κ3) is 4.55. The molecule has 1 fully saturated rings. The van der Waals surface area contributed by atoms with Gasteiger partial charge in [0.1, 0.15) is 0 Å². The number of hydrogen-bond acceptors (Lipinski definition) is 4. The van der Waals surface area contributed by atoms with Gasteiger partial charge in [0.2, 0.25) is 5.91 Å². The first-order valence-electron chi connectivity index (χ1n) is 12.0. The molecule has 0 unspecified atom stereocenters. The Hall–Kier alpha value is -2.90. The van der Waals surface area contributed by atoms with Crippen LogP contribution in [0.15, 0.2) is 60.8 Å². The maximum atomic E-state index is 13.4. The van der Waals surface area contributed by atoms with E-state index >= 15 is 0 Å². The van der Waals surface area contributed by atoms with Gasteiger partial charge in [-0.3, -0.25) is 9.69 Å². The lowest BCUT2D eigenvalue weighted by molar-refractivity contribution is -0.120. The van der Waals surface area contributed by atoms with Crippen LogP contribution in [0.5, 0.6) is 0 Å². The number of benzene rings is 2. The summed E-state index contributed by atoms with van der Waals surface area (Å²) in [6.07, 6.45) is 6.69. The van der Waals surface area contributed by atoms with Crippen LogP contribution >= 0.6 is 0 Å². The van der Waals surface area contributed by atoms with Gasteiger partial charge in [0.25, 0.3) is 0 Å². The number of para-hydroxylation sites is 2. The van der Waals surface area contributed by atoms with Crippen LogP contribution in [0.4, 0.5) is 5.69 Å². The molecule has 6 nitrogen and oxygen atoms in total. The molecule has 0 bridgehead atoms. The molecule has 3 heterocycles. The molecule has 3 aromatic rings. The first kappa shape index (κ1) is 22.9. The summed E-state index contributed by atoms with van der Waals surface area (Å²) in [5.74, 6) is 0.150. The van der Waals surface area contributed by atoms with Crippen LogP contribution in [-0.4, -0.2) is 61.4 Å². The van der Waals surface area contributed by atoms with E-state index < -0.39 is 9.84 Å². The highest BCUT2D eigenvalue weighted by atomic mass is 32.2. The van der Waals surface area contributed by atoms with E-state index in [-0.39, 0.29) is 30.0 Å². The molecule has 34 heavy (non-hydrogen) atoms. The van der Waals surface area contributed by atoms with E-state index in [9.17, 15) is 13.2 Å². The van der Waals surface area contributed by atoms with E-state index in [1.54, 1.807) is 4.90 Å². The Balaban J connectivity index is 1.32. The van der Waals surface area contributed by atoms with Crippen molar-refractivity contribution in [1.29, 1.82) is 0 Å². The molecule has 0 spiro atoms. The first-order chi connectivity index (χ1) is 16.4. The van der Waals surface area contributed by atoms with E-state index in [4.69, 9.17) is 0 Å². The minimum atomic E-state index is -3.09. The number of nitrogens with zero attached hydrogens (tertiary/aromatic N) is 2. The number of sulfone groups is 1. The minimum absolute atomic E-state index is 0.0372. The highest BCUT2D eigenvalue weighted by Crippen LogP contribution is 2.31. The molecule has 2 aliphatic heterocycles. The van der Waals surface area contributed by atoms with E-state index in [0.29, 0.717) is 13.0 Å². The summed E-state index contributed by atoms with van der Waals surface area (Å²) in [4.78, 5) is 20.8. The van der Waals surface area contributed by atoms with Crippen LogP contribution in [0.25, 0.3) is 16.5 Å². The summed E-state index contributed by atoms with van der Waals surface area (Å²) in [5.41, 5.74) is 5.86. The standard InChI is InChI=1S/C27H31N3O3S/c1-2-20-7-6-10-24-25(17-28-27(20)24)21-11-14-29(15-12-21)18-26(31)30(22-8-4-3-5-9-22)23-13-16-34(32,33)19-23/h3-11,17,23,28H,2,12-16,18-19H2,1H3/t23-/m0/s1. The van der Waals surface area contributed by atoms with Crippen molar-refractivity contribution in [3.63, 3.8) is 0 Å². The van der Waals surface area contributed by atoms with Gasteiger partial charge in [0.05, 0.1) is 24.1 Å². The molecule has 0 saturated carbocycles. The fraction of sp³-hybridized carbons (Fsp3) is 0.370. The number of amides is 1. The molecule has 0 radical (unpaired) electrons. The van der Waals surface area contributed by atoms with Crippen molar-refractivity contribution in [2.45, 2.75) is 32.2 Å². The number of carbonyl (C=O) groups excluding carboxylic acids is 1. The molecule has 5 rings (SSSR count). The Bertz CT molecular complexity index is 1330. The van der Waals surface area contributed by atoms with Crippen LogP contribution < -0.4 is 4.90 Å². The quantitative estimate of drug-likeness (QED) is 0.582. The second-order valence-corrected chi connectivity index (χ2v) is 11.5. The molecule has 2 aliphatic rings. The summed E-state index contributed by atoms with van der Waals surface area (Å²) in [6.45, 7) is 3.95. The van der Waals surface area contributed by atoms with Gasteiger partial charge in [-0.05, 0) is 42.5 Å². The van der Waals surface area contributed by atoms with Gasteiger partial charge in [-0.15, -0.1) is 0 Å². The number of H-pyrrole nitrogens is 1. The lowest BCUT2D eigenvalue weighted by Crippen LogP contribution is -2.47. The average Bonchev–Trinajstić information content (AvgIpc) is 3.43. The first-order valence-corrected chi connectivity index (χ1v) is 13.9. The van der Waals surface area contributed by atoms with Crippen LogP contribution in [0.3, 0.4) is 0 Å². The van der Waals surface area contributed by atoms with E-state index in [1.165, 1.54) is 27.6 Å². The molecule has 1 atom stereocenters. The van der Waals surface area contributed by atoms with Crippen molar-refractivity contribution in [2.24, 2.45) is 0 Å². The predicted octanol–water partition coefficient (Wildman–Crippen LogP) is 4.04. The number of anilines is 1. The van der Waals surface area contributed by atoms with Gasteiger partial charge in [0.15, 0.2) is 9.84 Å². The van der Waals surface area contributed by atoms with Gasteiger partial charge in [-0.25, -0.2) is 8.42 Å². The molecule has 1 N–H and O–H groups in total. The summed E-state index contributed by atoms with van der Waals surface area (Å²) in [7, 11) is -3.09. The lowest BCUT2D eigenvalue weighted by atomic mass is 9.97. The van der Waals surface area contributed by atoms with Gasteiger partial charge in [0, 0.05) is 41.4 Å². The monoisotopic (exact) mass is 477 g/mol. The molecule has 1 aromatic heterocycles. The minimum Gasteiger partial charge on any atom is -0.360 e. The van der Waals surface area contributed by atoms with Crippen LogP contribution in [0, 0.1) is 0 Å². The number of aromatic amines is 1. The third-order valence-electron chi connectivity index (χ3n) is 7.06. The summed E-state index contributed by atoms with van der Waals surface area (Å²) in [6, 6.07) is 15.6. The van der Waals surface area contributed by atoms with Gasteiger partial charge in [-0.1, -0.05) is 49.4 Å². The summed E-state index contributed by atoms with van der Waals surface area (Å²) in [5, 5.41) is 1.26. The van der Waals surface area contributed by atoms with Crippen LogP contribution in [-0.2, 0) is 21.1 Å². The lowest BCUT2D eigenvalue weighted by Gasteiger charge is -2.32. The predicted molar refractivity (Wildman–Crippen MR) is 138 cm³/mol. The molecular formula is C27H31N3O3S. The van der Waals surface area contributed by atoms with Gasteiger partial charge < -0.3 is 9.88 Å². The molecule has 1 amide bonds. The highest BCUT2D eigenvalue weighted by Gasteiger charge is 2.36. The van der Waals surface area contributed by atoms with Gasteiger partial charge in [-0.2, -0.15) is 0 Å². The van der Waals surface area contributed by atoms with Crippen molar-refractivity contribution in [1.82, 2.24) is 9.88 Å². The third-order valence-corrected chi connectivity index (χ3v) is 8.81. The van der Waals surface area contributed by atoms with Crippen molar-refractivity contribution in [3.8, 4) is 0 Å². The Morgan fingerprint density at radius 3 is 2.65 bits per heavy atom. The fourth-order valence-corrected chi connectivity index (χ4v) is 6.97. The normalized spacial score (nSPS) is 20.4. The smallest absolute Gasteiger partial charge is 0.241 e. The van der Waals surface area contributed by atoms with E-state index in [0.717, 1.165) is 25.1 Å². The number of nitrogens with one attached hydrogen (secondary N) is 1. The summed E-state index contributed by atoms with van der Waals surface area (Å²) < 4.78 is 24.2. The molecule has 2 aromatic carbocycles. The largest absolute Gasteiger partial charge is 0.360 e. The average molecular weight is 478 g/mol. The molecular weight excluding hydrogens is 446 g/mol. The Kier molecular flexibility index (Phi) is 6.32. The SMILES string of the molecule is CCc1cccc2c(C3=CCN(CC(=O)N(c4ccccc4)[C@H]4CCS(=O)(=O)C4)CC3)c[nH]c12. The second kappa shape index (κ2) is 9.39. The Labute approximate surface area is 201 Å². The number of aromatic nitrogens is 1. The van der Waals surface area contributed by atoms with Crippen LogP contribution in [0.2, 0.25) is 0 Å². The molecule has 1 saturated heterocycles. The van der Waals surface area contributed by atoms with Crippen molar-refractivity contribution >= 4 is 37.9 Å². The summed E-state index contributed by atoms with van der Waals surface area (Å²) >= 11 is 0. The van der Waals surface area contributed by atoms with E-state index in [1.807, 2.05) is 30.3 Å². The number of fused-ring (bicyclic) bond motifs is 1. The number of carbonyl (C=O) groups is 1. The zero-order valence-corrected chi connectivity index (χ0v) is 20.4.